The van der Waals surface area contributed by atoms with Gasteiger partial charge in [0.2, 0.25) is 0 Å². The summed E-state index contributed by atoms with van der Waals surface area (Å²) in [5.74, 6) is 0. The Bertz CT molecular complexity index is 590. The van der Waals surface area contributed by atoms with Crippen molar-refractivity contribution in [2.45, 2.75) is 16.2 Å². The van der Waals surface area contributed by atoms with Crippen molar-refractivity contribution in [3.8, 4) is 0 Å². The second kappa shape index (κ2) is 7.00. The van der Waals surface area contributed by atoms with Crippen LogP contribution in [0, 0.1) is 0 Å². The lowest BCUT2D eigenvalue weighted by molar-refractivity contribution is 0.943. The van der Waals surface area contributed by atoms with E-state index >= 15 is 0 Å². The quantitative estimate of drug-likeness (QED) is 0.771. The monoisotopic (exact) mass is 375 g/mol. The maximum atomic E-state index is 6.20. The topological polar surface area (TPSA) is 26.0 Å². The Hall–Kier alpha value is -0.190. The predicted molar refractivity (Wildman–Crippen MR) is 87.5 cm³/mol. The van der Waals surface area contributed by atoms with Crippen LogP contribution in [-0.4, -0.2) is 6.54 Å². The van der Waals surface area contributed by atoms with E-state index in [0.29, 0.717) is 16.6 Å². The molecule has 100 valence electrons. The van der Waals surface area contributed by atoms with Crippen molar-refractivity contribution in [1.82, 2.24) is 0 Å². The number of hydrogen-bond donors (Lipinski definition) is 1. The number of halogens is 3. The van der Waals surface area contributed by atoms with E-state index in [1.165, 1.54) is 5.56 Å². The van der Waals surface area contributed by atoms with Crippen molar-refractivity contribution in [2.75, 3.05) is 6.54 Å². The minimum atomic E-state index is 0.623. The molecule has 0 saturated heterocycles. The first-order valence-electron chi connectivity index (χ1n) is 5.71. The smallest absolute Gasteiger partial charge is 0.0546 e. The molecule has 19 heavy (non-hydrogen) atoms. The second-order valence-corrected chi connectivity index (χ2v) is 6.81. The van der Waals surface area contributed by atoms with Crippen LogP contribution in [0.15, 0.2) is 50.7 Å². The summed E-state index contributed by atoms with van der Waals surface area (Å²) in [6.45, 7) is 0.623. The van der Waals surface area contributed by atoms with Gasteiger partial charge in [0, 0.05) is 19.3 Å². The summed E-state index contributed by atoms with van der Waals surface area (Å²) in [5.41, 5.74) is 6.86. The summed E-state index contributed by atoms with van der Waals surface area (Å²) in [6.07, 6.45) is 0.841. The molecule has 1 nitrogen and oxygen atoms in total. The molecule has 0 aliphatic heterocycles. The van der Waals surface area contributed by atoms with Gasteiger partial charge in [-0.25, -0.2) is 0 Å². The lowest BCUT2D eigenvalue weighted by Gasteiger charge is -2.10. The van der Waals surface area contributed by atoms with Crippen molar-refractivity contribution in [1.29, 1.82) is 0 Å². The van der Waals surface area contributed by atoms with Crippen LogP contribution in [0.1, 0.15) is 5.56 Å². The summed E-state index contributed by atoms with van der Waals surface area (Å²) in [6, 6.07) is 11.7. The molecule has 2 rings (SSSR count). The molecule has 0 bridgehead atoms. The third-order valence-electron chi connectivity index (χ3n) is 2.56. The Morgan fingerprint density at radius 1 is 1.05 bits per heavy atom. The number of hydrogen-bond acceptors (Lipinski definition) is 2. The number of rotatable bonds is 4. The van der Waals surface area contributed by atoms with Gasteiger partial charge in [-0.3, -0.25) is 0 Å². The van der Waals surface area contributed by atoms with Crippen molar-refractivity contribution in [2.24, 2.45) is 5.73 Å². The fraction of sp³-hybridized carbons (Fsp3) is 0.143. The van der Waals surface area contributed by atoms with Crippen molar-refractivity contribution >= 4 is 50.9 Å². The highest BCUT2D eigenvalue weighted by molar-refractivity contribution is 9.10. The summed E-state index contributed by atoms with van der Waals surface area (Å²) < 4.78 is 1.04. The summed E-state index contributed by atoms with van der Waals surface area (Å²) in [4.78, 5) is 2.09. The van der Waals surface area contributed by atoms with Crippen molar-refractivity contribution in [3.63, 3.8) is 0 Å². The Morgan fingerprint density at radius 3 is 2.58 bits per heavy atom. The largest absolute Gasteiger partial charge is 0.330 e. The van der Waals surface area contributed by atoms with Gasteiger partial charge in [-0.05, 0) is 48.9 Å². The van der Waals surface area contributed by atoms with Crippen LogP contribution in [0.3, 0.4) is 0 Å². The van der Waals surface area contributed by atoms with Gasteiger partial charge in [0.15, 0.2) is 0 Å². The highest BCUT2D eigenvalue weighted by Crippen LogP contribution is 2.37. The maximum absolute atomic E-state index is 6.20. The second-order valence-electron chi connectivity index (χ2n) is 3.97. The van der Waals surface area contributed by atoms with Crippen LogP contribution in [-0.2, 0) is 6.42 Å². The van der Waals surface area contributed by atoms with E-state index in [2.05, 4.69) is 28.1 Å². The van der Waals surface area contributed by atoms with E-state index in [-0.39, 0.29) is 0 Å². The van der Waals surface area contributed by atoms with Gasteiger partial charge in [-0.1, -0.05) is 57.0 Å². The highest BCUT2D eigenvalue weighted by Gasteiger charge is 2.08. The van der Waals surface area contributed by atoms with Crippen LogP contribution in [0.2, 0.25) is 10.0 Å². The van der Waals surface area contributed by atoms with Gasteiger partial charge >= 0.3 is 0 Å². The Labute approximate surface area is 135 Å². The van der Waals surface area contributed by atoms with E-state index in [4.69, 9.17) is 28.9 Å². The predicted octanol–water partition coefficient (Wildman–Crippen LogP) is 5.41. The van der Waals surface area contributed by atoms with Crippen LogP contribution in [0.25, 0.3) is 0 Å². The minimum absolute atomic E-state index is 0.623. The van der Waals surface area contributed by atoms with Gasteiger partial charge in [0.25, 0.3) is 0 Å². The molecular weight excluding hydrogens is 365 g/mol. The van der Waals surface area contributed by atoms with E-state index < -0.39 is 0 Å². The zero-order valence-corrected chi connectivity index (χ0v) is 13.9. The first-order chi connectivity index (χ1) is 9.10. The van der Waals surface area contributed by atoms with Crippen molar-refractivity contribution in [3.05, 3.63) is 56.5 Å². The summed E-state index contributed by atoms with van der Waals surface area (Å²) >= 11 is 17.3. The molecule has 0 radical (unpaired) electrons. The molecule has 2 aromatic carbocycles. The highest BCUT2D eigenvalue weighted by atomic mass is 79.9. The lowest BCUT2D eigenvalue weighted by atomic mass is 10.1. The first-order valence-corrected chi connectivity index (χ1v) is 8.08. The molecule has 0 fully saturated rings. The molecule has 2 aromatic rings. The Morgan fingerprint density at radius 2 is 1.84 bits per heavy atom. The molecule has 0 spiro atoms. The minimum Gasteiger partial charge on any atom is -0.330 e. The fourth-order valence-electron chi connectivity index (χ4n) is 1.66. The van der Waals surface area contributed by atoms with E-state index in [9.17, 15) is 0 Å². The summed E-state index contributed by atoms with van der Waals surface area (Å²) in [7, 11) is 0. The molecule has 0 aliphatic rings. The van der Waals surface area contributed by atoms with E-state index in [1.807, 2.05) is 18.2 Å². The fourth-order valence-corrected chi connectivity index (χ4v) is 3.72. The van der Waals surface area contributed by atoms with Crippen LogP contribution in [0.5, 0.6) is 0 Å². The molecule has 5 heteroatoms. The SMILES string of the molecule is NCCc1ccc(Br)cc1Sc1cc(Cl)ccc1Cl. The first kappa shape index (κ1) is 15.2. The normalized spacial score (nSPS) is 10.7. The molecule has 0 aromatic heterocycles. The summed E-state index contributed by atoms with van der Waals surface area (Å²) in [5, 5.41) is 1.38. The van der Waals surface area contributed by atoms with Gasteiger partial charge in [0.05, 0.1) is 5.02 Å². The van der Waals surface area contributed by atoms with E-state index in [0.717, 1.165) is 20.7 Å². The zero-order chi connectivity index (χ0) is 13.8. The van der Waals surface area contributed by atoms with Gasteiger partial charge in [0.1, 0.15) is 0 Å². The van der Waals surface area contributed by atoms with Crippen LogP contribution in [0.4, 0.5) is 0 Å². The van der Waals surface area contributed by atoms with Gasteiger partial charge < -0.3 is 5.73 Å². The van der Waals surface area contributed by atoms with Gasteiger partial charge in [-0.2, -0.15) is 0 Å². The third-order valence-corrected chi connectivity index (χ3v) is 4.88. The molecule has 0 unspecified atom stereocenters. The molecule has 2 N–H and O–H groups in total. The van der Waals surface area contributed by atoms with Crippen molar-refractivity contribution < 1.29 is 0 Å². The average Bonchev–Trinajstić information content (AvgIpc) is 2.37. The van der Waals surface area contributed by atoms with Crippen LogP contribution < -0.4 is 5.73 Å². The molecule has 0 heterocycles. The molecular formula is C14H12BrCl2NS. The van der Waals surface area contributed by atoms with Crippen LogP contribution >= 0.6 is 50.9 Å². The van der Waals surface area contributed by atoms with E-state index in [1.54, 1.807) is 17.8 Å². The zero-order valence-electron chi connectivity index (χ0n) is 10.00. The standard InChI is InChI=1S/C14H12BrCl2NS/c15-10-2-1-9(5-6-18)13(7-10)19-14-8-11(16)3-4-12(14)17/h1-4,7-8H,5-6,18H2. The van der Waals surface area contributed by atoms with Gasteiger partial charge in [-0.15, -0.1) is 0 Å². The maximum Gasteiger partial charge on any atom is 0.0546 e. The molecule has 0 atom stereocenters. The molecule has 0 aliphatic carbocycles. The molecule has 0 saturated carbocycles. The Kier molecular flexibility index (Phi) is 5.60. The molecule has 0 amide bonds. The average molecular weight is 377 g/mol. The lowest BCUT2D eigenvalue weighted by Crippen LogP contribution is -2.03. The number of benzene rings is 2. The number of nitrogens with two attached hydrogens (primary N) is 1. The third kappa shape index (κ3) is 4.14. The Balaban J connectivity index is 2.36.